The van der Waals surface area contributed by atoms with E-state index < -0.39 is 30.0 Å². The Balaban J connectivity index is 1.60. The second kappa shape index (κ2) is 8.00. The second-order valence-electron chi connectivity index (χ2n) is 7.71. The van der Waals surface area contributed by atoms with Gasteiger partial charge in [0, 0.05) is 25.9 Å². The van der Waals surface area contributed by atoms with Gasteiger partial charge in [-0.25, -0.2) is 4.79 Å². The van der Waals surface area contributed by atoms with Gasteiger partial charge in [-0.15, -0.1) is 0 Å². The van der Waals surface area contributed by atoms with E-state index in [9.17, 15) is 24.3 Å². The Hall–Kier alpha value is -2.90. The summed E-state index contributed by atoms with van der Waals surface area (Å²) in [5.74, 6) is -2.11. The van der Waals surface area contributed by atoms with Gasteiger partial charge in [0.05, 0.1) is 12.0 Å². The van der Waals surface area contributed by atoms with Gasteiger partial charge in [-0.3, -0.25) is 14.5 Å². The number of nitrogens with one attached hydrogen (secondary N) is 1. The third kappa shape index (κ3) is 4.00. The molecular weight excluding hydrogens is 362 g/mol. The van der Waals surface area contributed by atoms with Crippen LogP contribution < -0.4 is 10.4 Å². The van der Waals surface area contributed by atoms with Crippen molar-refractivity contribution in [2.24, 2.45) is 5.92 Å². The van der Waals surface area contributed by atoms with E-state index in [0.29, 0.717) is 13.0 Å². The fourth-order valence-electron chi connectivity index (χ4n) is 3.75. The van der Waals surface area contributed by atoms with Crippen molar-refractivity contribution in [3.8, 4) is 0 Å². The predicted molar refractivity (Wildman–Crippen MR) is 97.6 cm³/mol. The largest absolute Gasteiger partial charge is 0.548 e. The lowest BCUT2D eigenvalue weighted by Gasteiger charge is -2.28. The van der Waals surface area contributed by atoms with Crippen LogP contribution >= 0.6 is 0 Å². The first kappa shape index (κ1) is 19.9. The van der Waals surface area contributed by atoms with E-state index in [1.54, 1.807) is 0 Å². The molecule has 0 unspecified atom stereocenters. The molecule has 1 fully saturated rings. The van der Waals surface area contributed by atoms with Crippen molar-refractivity contribution in [3.63, 3.8) is 0 Å². The molecule has 2 aliphatic heterocycles. The number of carboxylic acids is 1. The van der Waals surface area contributed by atoms with E-state index in [1.165, 1.54) is 4.90 Å². The number of carbonyl (C=O) groups excluding carboxylic acids is 4. The zero-order valence-electron chi connectivity index (χ0n) is 16.0. The molecule has 2 aliphatic rings. The fraction of sp³-hybridized carbons (Fsp3) is 0.500. The van der Waals surface area contributed by atoms with Crippen LogP contribution in [0.5, 0.6) is 0 Å². The van der Waals surface area contributed by atoms with Crippen LogP contribution in [0.3, 0.4) is 0 Å². The first-order valence-corrected chi connectivity index (χ1v) is 9.47. The average molecular weight is 386 g/mol. The van der Waals surface area contributed by atoms with Crippen molar-refractivity contribution in [3.05, 3.63) is 35.4 Å². The summed E-state index contributed by atoms with van der Waals surface area (Å²) in [5, 5.41) is 13.6. The molecule has 0 bridgehead atoms. The zero-order chi connectivity index (χ0) is 20.4. The minimum Gasteiger partial charge on any atom is -0.548 e. The molecule has 1 aromatic rings. The summed E-state index contributed by atoms with van der Waals surface area (Å²) >= 11 is 0. The lowest BCUT2D eigenvalue weighted by atomic mass is 9.95. The number of carboxylic acid groups (broad SMARTS) is 1. The second-order valence-corrected chi connectivity index (χ2v) is 7.71. The van der Waals surface area contributed by atoms with Crippen molar-refractivity contribution >= 4 is 23.8 Å². The van der Waals surface area contributed by atoms with Gasteiger partial charge < -0.3 is 20.1 Å². The van der Waals surface area contributed by atoms with Crippen molar-refractivity contribution in [2.45, 2.75) is 51.7 Å². The van der Waals surface area contributed by atoms with Crippen LogP contribution in [0, 0.1) is 5.92 Å². The molecule has 0 saturated carbocycles. The summed E-state index contributed by atoms with van der Waals surface area (Å²) in [6.07, 6.45) is 0.571. The standard InChI is InChI=1S/C20H25N3O5/c1-12(2)9-15(19(26)27)21-17(24)7-8-22-18(25)16-10-13-5-3-4-6-14(13)11-23(16)20(22)28/h3-6,12,15-16H,7-11H2,1-2H3,(H,21,24)(H,26,27)/p-1/t15-,16-/m0/s1. The summed E-state index contributed by atoms with van der Waals surface area (Å²) in [6, 6.07) is 5.66. The summed E-state index contributed by atoms with van der Waals surface area (Å²) in [5.41, 5.74) is 2.07. The van der Waals surface area contributed by atoms with Crippen molar-refractivity contribution in [1.29, 1.82) is 0 Å². The van der Waals surface area contributed by atoms with Crippen LogP contribution in [0.4, 0.5) is 4.79 Å². The van der Waals surface area contributed by atoms with E-state index in [4.69, 9.17) is 0 Å². The van der Waals surface area contributed by atoms with E-state index in [-0.39, 0.29) is 31.2 Å². The van der Waals surface area contributed by atoms with E-state index >= 15 is 0 Å². The lowest BCUT2D eigenvalue weighted by molar-refractivity contribution is -0.308. The van der Waals surface area contributed by atoms with E-state index in [0.717, 1.165) is 16.0 Å². The summed E-state index contributed by atoms with van der Waals surface area (Å²) in [6.45, 7) is 3.99. The Kier molecular flexibility index (Phi) is 5.67. The van der Waals surface area contributed by atoms with Crippen LogP contribution in [0.1, 0.15) is 37.8 Å². The number of rotatable bonds is 7. The highest BCUT2D eigenvalue weighted by Crippen LogP contribution is 2.29. The number of hydrogen-bond donors (Lipinski definition) is 1. The smallest absolute Gasteiger partial charge is 0.327 e. The van der Waals surface area contributed by atoms with Crippen molar-refractivity contribution in [1.82, 2.24) is 15.1 Å². The van der Waals surface area contributed by atoms with Crippen LogP contribution in [0.2, 0.25) is 0 Å². The first-order valence-electron chi connectivity index (χ1n) is 9.47. The average Bonchev–Trinajstić information content (AvgIpc) is 2.87. The quantitative estimate of drug-likeness (QED) is 0.666. The lowest BCUT2D eigenvalue weighted by Crippen LogP contribution is -2.49. The zero-order valence-corrected chi connectivity index (χ0v) is 16.0. The molecule has 8 heteroatoms. The Morgan fingerprint density at radius 1 is 1.21 bits per heavy atom. The highest BCUT2D eigenvalue weighted by atomic mass is 16.4. The number of amides is 4. The topological polar surface area (TPSA) is 110 Å². The maximum atomic E-state index is 12.7. The number of carbonyl (C=O) groups is 4. The van der Waals surface area contributed by atoms with Crippen LogP contribution in [0.25, 0.3) is 0 Å². The number of fused-ring (bicyclic) bond motifs is 2. The maximum Gasteiger partial charge on any atom is 0.327 e. The van der Waals surface area contributed by atoms with Crippen LogP contribution in [0.15, 0.2) is 24.3 Å². The molecule has 4 amide bonds. The molecule has 8 nitrogen and oxygen atoms in total. The third-order valence-electron chi connectivity index (χ3n) is 5.17. The highest BCUT2D eigenvalue weighted by molar-refractivity contribution is 6.04. The summed E-state index contributed by atoms with van der Waals surface area (Å²) < 4.78 is 0. The van der Waals surface area contributed by atoms with Crippen LogP contribution in [-0.2, 0) is 27.3 Å². The molecule has 0 aromatic heterocycles. The molecule has 0 spiro atoms. The molecule has 0 radical (unpaired) electrons. The minimum atomic E-state index is -1.34. The molecule has 28 heavy (non-hydrogen) atoms. The van der Waals surface area contributed by atoms with E-state index in [1.807, 2.05) is 38.1 Å². The predicted octanol–water partition coefficient (Wildman–Crippen LogP) is 0.0464. The molecule has 2 atom stereocenters. The Bertz CT molecular complexity index is 764. The SMILES string of the molecule is CC(C)C[C@H](NC(=O)CCN1C(=O)[C@@H]2Cc3ccccc3CN2C1=O)C(=O)[O-]. The summed E-state index contributed by atoms with van der Waals surface area (Å²) in [4.78, 5) is 51.2. The van der Waals surface area contributed by atoms with Crippen molar-refractivity contribution in [2.75, 3.05) is 6.54 Å². The Morgan fingerprint density at radius 3 is 2.54 bits per heavy atom. The van der Waals surface area contributed by atoms with Crippen molar-refractivity contribution < 1.29 is 24.3 Å². The number of benzene rings is 1. The van der Waals surface area contributed by atoms with Gasteiger partial charge >= 0.3 is 6.03 Å². The number of urea groups is 1. The molecule has 3 rings (SSSR count). The van der Waals surface area contributed by atoms with Gasteiger partial charge in [0.25, 0.3) is 5.91 Å². The molecule has 1 aromatic carbocycles. The van der Waals surface area contributed by atoms with Gasteiger partial charge in [-0.05, 0) is 23.5 Å². The minimum absolute atomic E-state index is 0.0718. The van der Waals surface area contributed by atoms with Gasteiger partial charge in [0.2, 0.25) is 5.91 Å². The Labute approximate surface area is 163 Å². The molecule has 2 heterocycles. The molecule has 0 aliphatic carbocycles. The highest BCUT2D eigenvalue weighted by Gasteiger charge is 2.46. The van der Waals surface area contributed by atoms with Gasteiger partial charge in [-0.2, -0.15) is 0 Å². The third-order valence-corrected chi connectivity index (χ3v) is 5.17. The fourth-order valence-corrected chi connectivity index (χ4v) is 3.75. The maximum absolute atomic E-state index is 12.7. The van der Waals surface area contributed by atoms with E-state index in [2.05, 4.69) is 5.32 Å². The summed E-state index contributed by atoms with van der Waals surface area (Å²) in [7, 11) is 0. The number of nitrogens with zero attached hydrogens (tertiary/aromatic N) is 2. The van der Waals surface area contributed by atoms with Gasteiger partial charge in [0.15, 0.2) is 0 Å². The molecule has 150 valence electrons. The first-order chi connectivity index (χ1) is 13.3. The Morgan fingerprint density at radius 2 is 1.89 bits per heavy atom. The molecule has 1 saturated heterocycles. The number of imide groups is 1. The number of aliphatic carboxylic acids is 1. The normalized spacial score (nSPS) is 19.5. The molecular formula is C20H24N3O5-. The monoisotopic (exact) mass is 386 g/mol. The van der Waals surface area contributed by atoms with Gasteiger partial charge in [0.1, 0.15) is 6.04 Å². The van der Waals surface area contributed by atoms with Gasteiger partial charge in [-0.1, -0.05) is 38.1 Å². The molecule has 1 N–H and O–H groups in total. The van der Waals surface area contributed by atoms with Crippen LogP contribution in [-0.4, -0.2) is 52.2 Å². The number of hydrogen-bond acceptors (Lipinski definition) is 5.